The zero-order valence-electron chi connectivity index (χ0n) is 6.47. The van der Waals surface area contributed by atoms with Crippen LogP contribution in [0.3, 0.4) is 0 Å². The van der Waals surface area contributed by atoms with Crippen LogP contribution in [0.4, 0.5) is 0 Å². The van der Waals surface area contributed by atoms with Gasteiger partial charge in [-0.3, -0.25) is 0 Å². The minimum Gasteiger partial charge on any atom is -0.174 e. The highest BCUT2D eigenvalue weighted by atomic mass is 35.6. The second kappa shape index (κ2) is 6.19. The van der Waals surface area contributed by atoms with Crippen LogP contribution in [0.25, 0.3) is 6.08 Å². The molecule has 0 fully saturated rings. The first-order valence-corrected chi connectivity index (χ1v) is 4.73. The molecule has 0 saturated heterocycles. The first-order chi connectivity index (χ1) is 5.34. The van der Waals surface area contributed by atoms with Crippen molar-refractivity contribution in [3.8, 4) is 0 Å². The van der Waals surface area contributed by atoms with E-state index < -0.39 is 0 Å². The lowest BCUT2D eigenvalue weighted by Gasteiger charge is -1.95. The van der Waals surface area contributed by atoms with Crippen LogP contribution in [0.15, 0.2) is 30.8 Å². The number of halogens is 1. The van der Waals surface area contributed by atoms with Gasteiger partial charge in [-0.05, 0) is 18.1 Å². The molecule has 1 aromatic carbocycles. The Labute approximate surface area is 76.0 Å². The Bertz CT molecular complexity index is 221. The molecule has 11 heavy (non-hydrogen) atoms. The average Bonchev–Trinajstić information content (AvgIpc) is 2.09. The Balaban J connectivity index is 0.000000461. The van der Waals surface area contributed by atoms with E-state index in [2.05, 4.69) is 46.3 Å². The van der Waals surface area contributed by atoms with Crippen molar-refractivity contribution in [2.45, 2.75) is 6.92 Å². The van der Waals surface area contributed by atoms with Crippen molar-refractivity contribution < 1.29 is 0 Å². The minimum absolute atomic E-state index is 1.22. The van der Waals surface area contributed by atoms with Crippen molar-refractivity contribution in [1.29, 1.82) is 0 Å². The lowest BCUT2D eigenvalue weighted by molar-refractivity contribution is 1.45. The van der Waals surface area contributed by atoms with Crippen LogP contribution in [0.2, 0.25) is 0 Å². The molecule has 0 unspecified atom stereocenters. The molecule has 57 valence electrons. The fourth-order valence-electron chi connectivity index (χ4n) is 0.816. The van der Waals surface area contributed by atoms with Gasteiger partial charge < -0.3 is 0 Å². The lowest BCUT2D eigenvalue weighted by atomic mass is 10.1. The molecule has 0 spiro atoms. The van der Waals surface area contributed by atoms with E-state index >= 15 is 0 Å². The van der Waals surface area contributed by atoms with Crippen molar-refractivity contribution in [3.63, 3.8) is 0 Å². The van der Waals surface area contributed by atoms with Gasteiger partial charge in [0.05, 0.1) is 0 Å². The summed E-state index contributed by atoms with van der Waals surface area (Å²) in [5.74, 6) is 0. The van der Waals surface area contributed by atoms with Gasteiger partial charge in [0.2, 0.25) is 0 Å². The highest BCUT2D eigenvalue weighted by Crippen LogP contribution is 2.06. The monoisotopic (exact) mass is 181 g/mol. The number of benzene rings is 1. The maximum atomic E-state index is 4.44. The van der Waals surface area contributed by atoms with Crippen LogP contribution in [0, 0.1) is 6.92 Å². The van der Waals surface area contributed by atoms with E-state index in [-0.39, 0.29) is 0 Å². The summed E-state index contributed by atoms with van der Waals surface area (Å²) in [6.45, 7) is 5.77. The maximum Gasteiger partial charge on any atom is 0.174 e. The van der Waals surface area contributed by atoms with Crippen LogP contribution in [-0.4, -0.2) is 9.55 Å². The molecule has 0 atom stereocenters. The molecular formula is C9H10ClSi. The van der Waals surface area contributed by atoms with E-state index in [1.165, 1.54) is 11.1 Å². The normalized spacial score (nSPS) is 7.91. The van der Waals surface area contributed by atoms with Gasteiger partial charge in [0, 0.05) is 0 Å². The van der Waals surface area contributed by atoms with E-state index in [9.17, 15) is 0 Å². The molecule has 0 amide bonds. The Kier molecular flexibility index (Phi) is 5.89. The van der Waals surface area contributed by atoms with Crippen molar-refractivity contribution in [2.24, 2.45) is 0 Å². The minimum atomic E-state index is 1.22. The predicted molar refractivity (Wildman–Crippen MR) is 52.9 cm³/mol. The topological polar surface area (TPSA) is 0 Å². The maximum absolute atomic E-state index is 4.44. The van der Waals surface area contributed by atoms with Crippen LogP contribution >= 0.6 is 11.1 Å². The summed E-state index contributed by atoms with van der Waals surface area (Å²) < 4.78 is 0. The molecule has 0 saturated carbocycles. The molecule has 0 heterocycles. The number of hydrogen-bond acceptors (Lipinski definition) is 0. The first-order valence-electron chi connectivity index (χ1n) is 3.21. The van der Waals surface area contributed by atoms with Gasteiger partial charge in [0.15, 0.2) is 9.55 Å². The van der Waals surface area contributed by atoms with Gasteiger partial charge >= 0.3 is 0 Å². The van der Waals surface area contributed by atoms with Gasteiger partial charge in [-0.2, -0.15) is 11.1 Å². The van der Waals surface area contributed by atoms with E-state index in [1.54, 1.807) is 0 Å². The van der Waals surface area contributed by atoms with Gasteiger partial charge in [-0.25, -0.2) is 0 Å². The Morgan fingerprint density at radius 1 is 1.36 bits per heavy atom. The fraction of sp³-hybridized carbons (Fsp3) is 0.111. The summed E-state index contributed by atoms with van der Waals surface area (Å²) in [5, 5.41) is 0. The summed E-state index contributed by atoms with van der Waals surface area (Å²) in [6, 6.07) is 8.19. The molecule has 0 aliphatic heterocycles. The number of hydrogen-bond donors (Lipinski definition) is 0. The zero-order chi connectivity index (χ0) is 8.69. The standard InChI is InChI=1S/C9H10.ClSi/c1-3-9-7-5-4-6-8(9)2;1-2/h3-7H,1H2,2H3;. The zero-order valence-corrected chi connectivity index (χ0v) is 8.23. The summed E-state index contributed by atoms with van der Waals surface area (Å²) >= 11 is 4.44. The second-order valence-corrected chi connectivity index (χ2v) is 2.06. The van der Waals surface area contributed by atoms with Crippen molar-refractivity contribution >= 4 is 26.7 Å². The highest BCUT2D eigenvalue weighted by Gasteiger charge is 1.86. The third-order valence-corrected chi connectivity index (χ3v) is 1.41. The molecular weight excluding hydrogens is 172 g/mol. The summed E-state index contributed by atoms with van der Waals surface area (Å²) in [4.78, 5) is 0. The average molecular weight is 182 g/mol. The lowest BCUT2D eigenvalue weighted by Crippen LogP contribution is -1.75. The molecule has 1 aromatic rings. The molecule has 0 N–H and O–H groups in total. The summed E-state index contributed by atoms with van der Waals surface area (Å²) in [6.07, 6.45) is 1.87. The van der Waals surface area contributed by atoms with Crippen LogP contribution in [0.1, 0.15) is 11.1 Å². The fourth-order valence-corrected chi connectivity index (χ4v) is 0.816. The van der Waals surface area contributed by atoms with E-state index in [4.69, 9.17) is 0 Å². The summed E-state index contributed by atoms with van der Waals surface area (Å²) in [7, 11) is 2.44. The molecule has 0 bridgehead atoms. The van der Waals surface area contributed by atoms with Crippen molar-refractivity contribution in [2.75, 3.05) is 0 Å². The summed E-state index contributed by atoms with van der Waals surface area (Å²) in [5.41, 5.74) is 2.50. The van der Waals surface area contributed by atoms with E-state index in [0.29, 0.717) is 0 Å². The Hall–Kier alpha value is -0.533. The van der Waals surface area contributed by atoms with E-state index in [0.717, 1.165) is 0 Å². The molecule has 3 radical (unpaired) electrons. The van der Waals surface area contributed by atoms with Crippen LogP contribution in [0.5, 0.6) is 0 Å². The Morgan fingerprint density at radius 3 is 2.27 bits per heavy atom. The van der Waals surface area contributed by atoms with Crippen molar-refractivity contribution in [1.82, 2.24) is 0 Å². The van der Waals surface area contributed by atoms with Gasteiger partial charge in [0.1, 0.15) is 0 Å². The van der Waals surface area contributed by atoms with Crippen LogP contribution < -0.4 is 0 Å². The molecule has 0 aromatic heterocycles. The Morgan fingerprint density at radius 2 is 1.91 bits per heavy atom. The molecule has 1 rings (SSSR count). The highest BCUT2D eigenvalue weighted by molar-refractivity contribution is 6.80. The van der Waals surface area contributed by atoms with E-state index in [1.807, 2.05) is 18.2 Å². The van der Waals surface area contributed by atoms with Gasteiger partial charge in [-0.15, -0.1) is 0 Å². The SMILES string of the molecule is C=Cc1ccccc1C.[Si]Cl. The smallest absolute Gasteiger partial charge is 0.174 e. The molecule has 0 aliphatic rings. The van der Waals surface area contributed by atoms with Crippen molar-refractivity contribution in [3.05, 3.63) is 42.0 Å². The predicted octanol–water partition coefficient (Wildman–Crippen LogP) is 2.95. The second-order valence-electron chi connectivity index (χ2n) is 2.06. The molecule has 0 aliphatic carbocycles. The van der Waals surface area contributed by atoms with Crippen LogP contribution in [-0.2, 0) is 0 Å². The van der Waals surface area contributed by atoms with Gasteiger partial charge in [-0.1, -0.05) is 36.9 Å². The van der Waals surface area contributed by atoms with Gasteiger partial charge in [0.25, 0.3) is 0 Å². The largest absolute Gasteiger partial charge is 0.174 e. The number of rotatable bonds is 1. The third-order valence-electron chi connectivity index (χ3n) is 1.41. The quantitative estimate of drug-likeness (QED) is 0.462. The first kappa shape index (κ1) is 10.5. The number of aryl methyl sites for hydroxylation is 1. The third kappa shape index (κ3) is 3.40. The molecule has 0 nitrogen and oxygen atoms in total. The molecule has 2 heteroatoms.